The fourth-order valence-corrected chi connectivity index (χ4v) is 3.46. The van der Waals surface area contributed by atoms with Crippen molar-refractivity contribution in [1.29, 1.82) is 0 Å². The van der Waals surface area contributed by atoms with Crippen molar-refractivity contribution >= 4 is 32.9 Å². The normalized spacial score (nSPS) is 11.1. The second kappa shape index (κ2) is 5.57. The molecule has 0 aliphatic rings. The number of fused-ring (bicyclic) bond motifs is 2. The number of nitrogen functional groups attached to an aromatic ring is 1. The molecule has 0 bridgehead atoms. The van der Waals surface area contributed by atoms with Gasteiger partial charge in [0, 0.05) is 36.6 Å². The van der Waals surface area contributed by atoms with Crippen LogP contribution < -0.4 is 10.6 Å². The number of nitrogens with zero attached hydrogens (tertiary/aromatic N) is 1. The number of anilines is 2. The van der Waals surface area contributed by atoms with Gasteiger partial charge in [0.2, 0.25) is 0 Å². The zero-order valence-corrected chi connectivity index (χ0v) is 14.0. The van der Waals surface area contributed by atoms with Crippen LogP contribution in [0.15, 0.2) is 72.8 Å². The van der Waals surface area contributed by atoms with Gasteiger partial charge in [0.15, 0.2) is 0 Å². The zero-order chi connectivity index (χ0) is 16.7. The number of hydrogen-bond acceptors (Lipinski definition) is 2. The van der Waals surface area contributed by atoms with Crippen LogP contribution in [0.3, 0.4) is 0 Å². The van der Waals surface area contributed by atoms with E-state index in [0.717, 1.165) is 11.3 Å². The van der Waals surface area contributed by atoms with E-state index in [9.17, 15) is 0 Å². The first-order valence-corrected chi connectivity index (χ1v) is 8.13. The van der Waals surface area contributed by atoms with E-state index in [2.05, 4.69) is 85.7 Å². The Kier molecular flexibility index (Phi) is 3.39. The highest BCUT2D eigenvalue weighted by molar-refractivity contribution is 6.13. The minimum Gasteiger partial charge on any atom is -0.398 e. The third kappa shape index (κ3) is 2.19. The van der Waals surface area contributed by atoms with Gasteiger partial charge < -0.3 is 10.6 Å². The molecule has 0 aliphatic heterocycles. The Morgan fingerprint density at radius 1 is 0.625 bits per heavy atom. The van der Waals surface area contributed by atoms with E-state index in [-0.39, 0.29) is 0 Å². The van der Waals surface area contributed by atoms with E-state index in [4.69, 9.17) is 5.73 Å². The average Bonchev–Trinajstić information content (AvgIpc) is 2.61. The third-order valence-corrected chi connectivity index (χ3v) is 4.60. The van der Waals surface area contributed by atoms with Crippen LogP contribution in [0, 0.1) is 0 Å². The van der Waals surface area contributed by atoms with Crippen molar-refractivity contribution in [2.75, 3.05) is 24.7 Å². The molecule has 4 aromatic carbocycles. The highest BCUT2D eigenvalue weighted by Gasteiger charge is 2.16. The number of rotatable bonds is 2. The molecule has 0 fully saturated rings. The fourth-order valence-electron chi connectivity index (χ4n) is 3.46. The lowest BCUT2D eigenvalue weighted by Gasteiger charge is -2.22. The lowest BCUT2D eigenvalue weighted by atomic mass is 9.91. The summed E-state index contributed by atoms with van der Waals surface area (Å²) in [5.74, 6) is 0. The van der Waals surface area contributed by atoms with Gasteiger partial charge in [-0.15, -0.1) is 0 Å². The van der Waals surface area contributed by atoms with Gasteiger partial charge in [0.05, 0.1) is 0 Å². The molecule has 2 N–H and O–H groups in total. The molecular formula is C22H20N2. The molecule has 2 heteroatoms. The zero-order valence-electron chi connectivity index (χ0n) is 14.0. The van der Waals surface area contributed by atoms with Crippen LogP contribution in [-0.4, -0.2) is 14.1 Å². The Labute approximate surface area is 142 Å². The van der Waals surface area contributed by atoms with Gasteiger partial charge >= 0.3 is 0 Å². The van der Waals surface area contributed by atoms with Gasteiger partial charge in [-0.25, -0.2) is 0 Å². The summed E-state index contributed by atoms with van der Waals surface area (Å²) >= 11 is 0. The maximum atomic E-state index is 6.46. The van der Waals surface area contributed by atoms with Crippen LogP contribution in [-0.2, 0) is 0 Å². The monoisotopic (exact) mass is 312 g/mol. The van der Waals surface area contributed by atoms with E-state index in [1.54, 1.807) is 0 Å². The van der Waals surface area contributed by atoms with E-state index in [1.165, 1.54) is 32.8 Å². The predicted molar refractivity (Wildman–Crippen MR) is 106 cm³/mol. The highest BCUT2D eigenvalue weighted by Crippen LogP contribution is 2.43. The molecule has 0 aromatic heterocycles. The molecule has 0 saturated heterocycles. The Balaban J connectivity index is 2.21. The SMILES string of the molecule is CN(C)c1ccc2ccccc2c1-c1c(N)ccc2ccccc12. The molecule has 0 spiro atoms. The fraction of sp³-hybridized carbons (Fsp3) is 0.0909. The summed E-state index contributed by atoms with van der Waals surface area (Å²) in [4.78, 5) is 2.16. The molecular weight excluding hydrogens is 292 g/mol. The summed E-state index contributed by atoms with van der Waals surface area (Å²) in [6, 6.07) is 25.4. The van der Waals surface area contributed by atoms with Crippen LogP contribution in [0.2, 0.25) is 0 Å². The lowest BCUT2D eigenvalue weighted by molar-refractivity contribution is 1.14. The van der Waals surface area contributed by atoms with Gasteiger partial charge in [-0.3, -0.25) is 0 Å². The highest BCUT2D eigenvalue weighted by atomic mass is 15.1. The first-order valence-electron chi connectivity index (χ1n) is 8.13. The van der Waals surface area contributed by atoms with Crippen LogP contribution in [0.25, 0.3) is 32.7 Å². The summed E-state index contributed by atoms with van der Waals surface area (Å²) < 4.78 is 0. The van der Waals surface area contributed by atoms with Crippen molar-refractivity contribution in [3.05, 3.63) is 72.8 Å². The molecule has 4 rings (SSSR count). The molecule has 118 valence electrons. The van der Waals surface area contributed by atoms with Gasteiger partial charge in [-0.2, -0.15) is 0 Å². The summed E-state index contributed by atoms with van der Waals surface area (Å²) in [7, 11) is 4.16. The molecule has 0 aliphatic carbocycles. The first-order chi connectivity index (χ1) is 11.7. The Hall–Kier alpha value is -3.00. The van der Waals surface area contributed by atoms with E-state index >= 15 is 0 Å². The van der Waals surface area contributed by atoms with Gasteiger partial charge in [0.25, 0.3) is 0 Å². The third-order valence-electron chi connectivity index (χ3n) is 4.60. The molecule has 2 nitrogen and oxygen atoms in total. The van der Waals surface area contributed by atoms with Gasteiger partial charge in [-0.1, -0.05) is 60.7 Å². The molecule has 4 aromatic rings. The van der Waals surface area contributed by atoms with Crippen LogP contribution >= 0.6 is 0 Å². The standard InChI is InChI=1S/C22H20N2/c1-24(2)20-14-12-16-8-4-6-10-18(16)22(20)21-17-9-5-3-7-15(17)11-13-19(21)23/h3-14H,23H2,1-2H3. The second-order valence-electron chi connectivity index (χ2n) is 6.33. The molecule has 0 heterocycles. The van der Waals surface area contributed by atoms with Crippen molar-refractivity contribution in [3.8, 4) is 11.1 Å². The van der Waals surface area contributed by atoms with Crippen LogP contribution in [0.4, 0.5) is 11.4 Å². The summed E-state index contributed by atoms with van der Waals surface area (Å²) in [6.45, 7) is 0. The molecule has 0 amide bonds. The van der Waals surface area contributed by atoms with Crippen LogP contribution in [0.1, 0.15) is 0 Å². The largest absolute Gasteiger partial charge is 0.398 e. The van der Waals surface area contributed by atoms with Crippen molar-refractivity contribution in [1.82, 2.24) is 0 Å². The molecule has 24 heavy (non-hydrogen) atoms. The topological polar surface area (TPSA) is 29.3 Å². The minimum absolute atomic E-state index is 0.813. The predicted octanol–water partition coefficient (Wildman–Crippen LogP) is 5.31. The Morgan fingerprint density at radius 2 is 1.17 bits per heavy atom. The number of nitrogens with two attached hydrogens (primary N) is 1. The molecule has 0 saturated carbocycles. The number of benzene rings is 4. The van der Waals surface area contributed by atoms with E-state index in [1.807, 2.05) is 6.07 Å². The molecule has 0 unspecified atom stereocenters. The summed E-state index contributed by atoms with van der Waals surface area (Å²) in [5.41, 5.74) is 10.8. The molecule has 0 radical (unpaired) electrons. The summed E-state index contributed by atoms with van der Waals surface area (Å²) in [5, 5.41) is 4.86. The summed E-state index contributed by atoms with van der Waals surface area (Å²) in [6.07, 6.45) is 0. The number of hydrogen-bond donors (Lipinski definition) is 1. The average molecular weight is 312 g/mol. The maximum absolute atomic E-state index is 6.46. The second-order valence-corrected chi connectivity index (χ2v) is 6.33. The van der Waals surface area contributed by atoms with Crippen molar-refractivity contribution in [3.63, 3.8) is 0 Å². The Bertz CT molecular complexity index is 1050. The maximum Gasteiger partial charge on any atom is 0.0448 e. The van der Waals surface area contributed by atoms with Gasteiger partial charge in [0.1, 0.15) is 0 Å². The quantitative estimate of drug-likeness (QED) is 0.508. The lowest BCUT2D eigenvalue weighted by Crippen LogP contribution is -2.10. The smallest absolute Gasteiger partial charge is 0.0448 e. The Morgan fingerprint density at radius 3 is 1.79 bits per heavy atom. The molecule has 0 atom stereocenters. The van der Waals surface area contributed by atoms with E-state index in [0.29, 0.717) is 0 Å². The van der Waals surface area contributed by atoms with Gasteiger partial charge in [-0.05, 0) is 33.7 Å². The first kappa shape index (κ1) is 14.6. The van der Waals surface area contributed by atoms with Crippen molar-refractivity contribution < 1.29 is 0 Å². The van der Waals surface area contributed by atoms with Crippen LogP contribution in [0.5, 0.6) is 0 Å². The van der Waals surface area contributed by atoms with Crippen molar-refractivity contribution in [2.24, 2.45) is 0 Å². The van der Waals surface area contributed by atoms with E-state index < -0.39 is 0 Å². The minimum atomic E-state index is 0.813. The van der Waals surface area contributed by atoms with Crippen molar-refractivity contribution in [2.45, 2.75) is 0 Å².